The Morgan fingerprint density at radius 1 is 0.353 bits per heavy atom. The average Bonchev–Trinajstić information content (AvgIpc) is 3.91. The number of hydrogen-bond donors (Lipinski definition) is 0. The smallest absolute Gasteiger partial charge is 0.0714 e. The quantitative estimate of drug-likeness (QED) is 0.154. The van der Waals surface area contributed by atoms with Crippen molar-refractivity contribution in [1.29, 1.82) is 0 Å². The number of fused-ring (bicyclic) bond motifs is 9. The lowest BCUT2D eigenvalue weighted by atomic mass is 9.67. The molecule has 0 amide bonds. The number of rotatable bonds is 7. The van der Waals surface area contributed by atoms with Crippen LogP contribution in [0.5, 0.6) is 0 Å². The van der Waals surface area contributed by atoms with E-state index in [2.05, 4.69) is 239 Å². The third-order valence-corrected chi connectivity index (χ3v) is 16.8. The molecule has 0 radical (unpaired) electrons. The Morgan fingerprint density at radius 3 is 1.56 bits per heavy atom. The fourth-order valence-electron chi connectivity index (χ4n) is 13.4. The van der Waals surface area contributed by atoms with Crippen molar-refractivity contribution in [2.45, 2.75) is 82.0 Å². The highest BCUT2D eigenvalue weighted by Gasteiger charge is 2.46. The zero-order chi connectivity index (χ0) is 45.8. The van der Waals surface area contributed by atoms with Gasteiger partial charge in [-0.25, -0.2) is 0 Å². The molecule has 1 fully saturated rings. The van der Waals surface area contributed by atoms with E-state index >= 15 is 0 Å². The average molecular weight is 876 g/mol. The van der Waals surface area contributed by atoms with Crippen molar-refractivity contribution in [2.24, 2.45) is 0 Å². The Morgan fingerprint density at radius 2 is 0.868 bits per heavy atom. The van der Waals surface area contributed by atoms with Crippen LogP contribution in [0.3, 0.4) is 0 Å². The number of hydrogen-bond acceptors (Lipinski definition) is 1. The molecule has 9 aromatic rings. The number of nitrogens with zero attached hydrogens (tertiary/aromatic N) is 1. The summed E-state index contributed by atoms with van der Waals surface area (Å²) in [6.07, 6.45) is 6.59. The van der Waals surface area contributed by atoms with Gasteiger partial charge in [0, 0.05) is 27.9 Å². The van der Waals surface area contributed by atoms with E-state index in [9.17, 15) is 0 Å². The molecule has 0 unspecified atom stereocenters. The molecule has 9 aromatic carbocycles. The lowest BCUT2D eigenvalue weighted by Crippen LogP contribution is -2.28. The molecule has 4 aliphatic rings. The van der Waals surface area contributed by atoms with Crippen LogP contribution in [0, 0.1) is 0 Å². The Labute approximate surface area is 402 Å². The third kappa shape index (κ3) is 5.94. The zero-order valence-electron chi connectivity index (χ0n) is 39.7. The molecule has 0 spiro atoms. The van der Waals surface area contributed by atoms with Crippen LogP contribution in [0.2, 0.25) is 0 Å². The van der Waals surface area contributed by atoms with Gasteiger partial charge in [-0.05, 0) is 156 Å². The molecule has 4 aliphatic carbocycles. The summed E-state index contributed by atoms with van der Waals surface area (Å²) in [6.45, 7) is 9.59. The lowest BCUT2D eigenvalue weighted by molar-refractivity contribution is 0.443. The van der Waals surface area contributed by atoms with Crippen LogP contribution in [-0.2, 0) is 16.2 Å². The molecule has 13 rings (SSSR count). The third-order valence-electron chi connectivity index (χ3n) is 16.8. The van der Waals surface area contributed by atoms with Crippen LogP contribution in [0.15, 0.2) is 206 Å². The van der Waals surface area contributed by atoms with Gasteiger partial charge in [0.25, 0.3) is 0 Å². The fourth-order valence-corrected chi connectivity index (χ4v) is 13.4. The highest BCUT2D eigenvalue weighted by atomic mass is 15.1. The van der Waals surface area contributed by atoms with Crippen molar-refractivity contribution >= 4 is 17.1 Å². The largest absolute Gasteiger partial charge is 0.310 e. The Kier molecular flexibility index (Phi) is 9.29. The maximum absolute atomic E-state index is 2.54. The normalized spacial score (nSPS) is 16.5. The number of anilines is 3. The maximum Gasteiger partial charge on any atom is 0.0714 e. The summed E-state index contributed by atoms with van der Waals surface area (Å²) in [5.74, 6) is 0.641. The summed E-state index contributed by atoms with van der Waals surface area (Å²) in [4.78, 5) is 2.54. The van der Waals surface area contributed by atoms with E-state index in [4.69, 9.17) is 0 Å². The molecule has 0 bridgehead atoms. The second-order valence-corrected chi connectivity index (χ2v) is 21.0. The van der Waals surface area contributed by atoms with E-state index in [0.29, 0.717) is 5.92 Å². The van der Waals surface area contributed by atoms with Gasteiger partial charge in [-0.15, -0.1) is 0 Å². The van der Waals surface area contributed by atoms with Crippen molar-refractivity contribution in [1.82, 2.24) is 0 Å². The van der Waals surface area contributed by atoms with Crippen LogP contribution in [-0.4, -0.2) is 0 Å². The minimum atomic E-state index is -0.492. The van der Waals surface area contributed by atoms with E-state index in [0.717, 1.165) is 5.69 Å². The topological polar surface area (TPSA) is 3.24 Å². The second-order valence-electron chi connectivity index (χ2n) is 21.0. The first kappa shape index (κ1) is 41.0. The highest BCUT2D eigenvalue weighted by Crippen LogP contribution is 2.59. The Balaban J connectivity index is 0.989. The molecule has 330 valence electrons. The molecule has 0 aliphatic heterocycles. The van der Waals surface area contributed by atoms with Crippen molar-refractivity contribution in [2.75, 3.05) is 4.90 Å². The van der Waals surface area contributed by atoms with Gasteiger partial charge in [0.05, 0.1) is 5.41 Å². The highest BCUT2D eigenvalue weighted by molar-refractivity contribution is 5.96. The zero-order valence-corrected chi connectivity index (χ0v) is 39.7. The predicted octanol–water partition coefficient (Wildman–Crippen LogP) is 17.8. The van der Waals surface area contributed by atoms with Crippen molar-refractivity contribution in [3.05, 3.63) is 256 Å². The summed E-state index contributed by atoms with van der Waals surface area (Å²) >= 11 is 0. The van der Waals surface area contributed by atoms with Crippen LogP contribution >= 0.6 is 0 Å². The molecule has 0 aromatic heterocycles. The van der Waals surface area contributed by atoms with E-state index in [1.165, 1.54) is 138 Å². The fraction of sp³-hybridized carbons (Fsp3) is 0.194. The van der Waals surface area contributed by atoms with Gasteiger partial charge < -0.3 is 4.90 Å². The molecule has 0 saturated heterocycles. The monoisotopic (exact) mass is 875 g/mol. The first-order valence-electron chi connectivity index (χ1n) is 25.0. The van der Waals surface area contributed by atoms with Crippen LogP contribution in [0.1, 0.15) is 116 Å². The minimum absolute atomic E-state index is 0.0243. The van der Waals surface area contributed by atoms with Crippen molar-refractivity contribution in [3.63, 3.8) is 0 Å². The van der Waals surface area contributed by atoms with Gasteiger partial charge in [0.2, 0.25) is 0 Å². The summed E-state index contributed by atoms with van der Waals surface area (Å²) < 4.78 is 0. The van der Waals surface area contributed by atoms with E-state index < -0.39 is 5.41 Å². The summed E-state index contributed by atoms with van der Waals surface area (Å²) in [5, 5.41) is 0. The van der Waals surface area contributed by atoms with Crippen LogP contribution in [0.25, 0.3) is 44.5 Å². The predicted molar refractivity (Wildman–Crippen MR) is 285 cm³/mol. The summed E-state index contributed by atoms with van der Waals surface area (Å²) in [6, 6.07) is 78.9. The van der Waals surface area contributed by atoms with Crippen LogP contribution < -0.4 is 4.90 Å². The van der Waals surface area contributed by atoms with E-state index in [1.54, 1.807) is 0 Å². The molecule has 0 heterocycles. The molecule has 1 heteroatoms. The van der Waals surface area contributed by atoms with Crippen molar-refractivity contribution in [3.8, 4) is 44.5 Å². The maximum atomic E-state index is 2.54. The molecule has 0 N–H and O–H groups in total. The molecule has 68 heavy (non-hydrogen) atoms. The van der Waals surface area contributed by atoms with Gasteiger partial charge >= 0.3 is 0 Å². The standard InChI is InChI=1S/C67H57N/c1-65(2)58-28-16-14-26-54(58)57-41-46(33-40-59(57)65)52-27-18-30-61-64(52)56-39-37-50(42-62(56)66(61,3)4)68(49-34-31-45(32-35-49)44-19-8-5-9-20-44)51-36-38-55-53-25-15-17-29-60(53)67(63(55)43-51,47-21-10-6-11-22-47)48-23-12-7-13-24-48/h6-7,10-18,21-44H,5,8-9,19-20H2,1-4H3. The second kappa shape index (κ2) is 15.4. The summed E-state index contributed by atoms with van der Waals surface area (Å²) in [5.41, 5.74) is 25.6. The van der Waals surface area contributed by atoms with Crippen LogP contribution in [0.4, 0.5) is 17.1 Å². The van der Waals surface area contributed by atoms with Crippen molar-refractivity contribution < 1.29 is 0 Å². The Bertz CT molecular complexity index is 3380. The van der Waals surface area contributed by atoms with Gasteiger partial charge in [-0.3, -0.25) is 0 Å². The van der Waals surface area contributed by atoms with Gasteiger partial charge in [0.1, 0.15) is 0 Å². The minimum Gasteiger partial charge on any atom is -0.310 e. The van der Waals surface area contributed by atoms with Gasteiger partial charge in [0.15, 0.2) is 0 Å². The van der Waals surface area contributed by atoms with E-state index in [-0.39, 0.29) is 10.8 Å². The lowest BCUT2D eigenvalue weighted by Gasteiger charge is -2.35. The molecular weight excluding hydrogens is 819 g/mol. The molecule has 0 atom stereocenters. The summed E-state index contributed by atoms with van der Waals surface area (Å²) in [7, 11) is 0. The first-order valence-corrected chi connectivity index (χ1v) is 25.0. The molecule has 1 nitrogen and oxygen atoms in total. The number of benzene rings is 9. The van der Waals surface area contributed by atoms with Gasteiger partial charge in [-0.2, -0.15) is 0 Å². The SMILES string of the molecule is CC1(C)c2ccccc2-c2cc(-c3cccc4c3-c3ccc(N(c5ccc(C6CCCCC6)cc5)c5ccc6c(c5)C(c5ccccc5)(c5ccccc5)c5ccccc5-6)cc3C4(C)C)ccc21. The Hall–Kier alpha value is -7.22. The van der Waals surface area contributed by atoms with E-state index in [1.807, 2.05) is 0 Å². The first-order chi connectivity index (χ1) is 33.2. The van der Waals surface area contributed by atoms with Gasteiger partial charge in [-0.1, -0.05) is 211 Å². The molecular formula is C67H57N. The molecule has 1 saturated carbocycles.